The van der Waals surface area contributed by atoms with Gasteiger partial charge in [-0.3, -0.25) is 4.79 Å². The Bertz CT molecular complexity index is 1630. The Hall–Kier alpha value is -4.99. The van der Waals surface area contributed by atoms with Crippen molar-refractivity contribution < 1.29 is 9.53 Å². The van der Waals surface area contributed by atoms with Crippen molar-refractivity contribution in [2.75, 3.05) is 10.6 Å². The minimum absolute atomic E-state index is 0.128. The van der Waals surface area contributed by atoms with Crippen LogP contribution in [0.2, 0.25) is 0 Å². The predicted molar refractivity (Wildman–Crippen MR) is 142 cm³/mol. The Morgan fingerprint density at radius 3 is 2.54 bits per heavy atom. The van der Waals surface area contributed by atoms with Gasteiger partial charge in [-0.25, -0.2) is 19.4 Å². The molecule has 0 saturated heterocycles. The fourth-order valence-electron chi connectivity index (χ4n) is 3.86. The zero-order valence-corrected chi connectivity index (χ0v) is 20.5. The van der Waals surface area contributed by atoms with Gasteiger partial charge in [0.25, 0.3) is 5.56 Å². The van der Waals surface area contributed by atoms with Gasteiger partial charge < -0.3 is 20.4 Å². The Morgan fingerprint density at radius 2 is 1.76 bits per heavy atom. The molecular formula is C27H25N7O3. The molecule has 3 N–H and O–H groups in total. The summed E-state index contributed by atoms with van der Waals surface area (Å²) in [5.74, 6) is 0.966. The number of hydrogen-bond donors (Lipinski definition) is 3. The zero-order valence-electron chi connectivity index (χ0n) is 20.5. The summed E-state index contributed by atoms with van der Waals surface area (Å²) in [5, 5.41) is 10.3. The Kier molecular flexibility index (Phi) is 6.14. The quantitative estimate of drug-likeness (QED) is 0.306. The van der Waals surface area contributed by atoms with E-state index in [0.29, 0.717) is 33.8 Å². The van der Waals surface area contributed by atoms with E-state index in [0.717, 1.165) is 5.56 Å². The van der Waals surface area contributed by atoms with Crippen molar-refractivity contribution >= 4 is 28.4 Å². The van der Waals surface area contributed by atoms with Crippen molar-refractivity contribution in [3.05, 3.63) is 95.3 Å². The molecule has 0 radical (unpaired) electrons. The van der Waals surface area contributed by atoms with Gasteiger partial charge in [0.15, 0.2) is 5.65 Å². The molecule has 0 atom stereocenters. The van der Waals surface area contributed by atoms with Crippen LogP contribution in [-0.2, 0) is 5.41 Å². The second-order valence-corrected chi connectivity index (χ2v) is 9.36. The number of hydrogen-bond acceptors (Lipinski definition) is 6. The molecule has 3 heterocycles. The summed E-state index contributed by atoms with van der Waals surface area (Å²) < 4.78 is 7.68. The fraction of sp³-hybridized carbons (Fsp3) is 0.148. The molecule has 10 heteroatoms. The second-order valence-electron chi connectivity index (χ2n) is 9.36. The number of fused-ring (bicyclic) bond motifs is 1. The molecule has 0 saturated carbocycles. The van der Waals surface area contributed by atoms with E-state index >= 15 is 0 Å². The average molecular weight is 496 g/mol. The third kappa shape index (κ3) is 5.03. The average Bonchev–Trinajstić information content (AvgIpc) is 3.31. The first kappa shape index (κ1) is 23.7. The molecule has 0 bridgehead atoms. The molecule has 3 aromatic heterocycles. The molecule has 0 spiro atoms. The number of nitrogens with one attached hydrogen (secondary N) is 3. The third-order valence-corrected chi connectivity index (χ3v) is 5.66. The molecule has 0 aliphatic rings. The molecule has 0 fully saturated rings. The number of H-pyrrole nitrogens is 1. The van der Waals surface area contributed by atoms with E-state index < -0.39 is 6.03 Å². The number of benzene rings is 2. The van der Waals surface area contributed by atoms with Crippen LogP contribution in [0, 0.1) is 0 Å². The van der Waals surface area contributed by atoms with Crippen LogP contribution in [0.25, 0.3) is 16.7 Å². The first-order valence-corrected chi connectivity index (χ1v) is 11.6. The van der Waals surface area contributed by atoms with Gasteiger partial charge in [0.05, 0.1) is 18.2 Å². The van der Waals surface area contributed by atoms with Crippen molar-refractivity contribution in [1.29, 1.82) is 0 Å². The maximum Gasteiger partial charge on any atom is 0.323 e. The number of para-hydroxylation sites is 1. The molecule has 0 aliphatic carbocycles. The minimum atomic E-state index is -0.451. The van der Waals surface area contributed by atoms with Crippen molar-refractivity contribution in [3.8, 4) is 17.3 Å². The van der Waals surface area contributed by atoms with E-state index in [1.54, 1.807) is 47.3 Å². The monoisotopic (exact) mass is 495 g/mol. The summed E-state index contributed by atoms with van der Waals surface area (Å²) in [6, 6.07) is 17.8. The number of urea groups is 1. The van der Waals surface area contributed by atoms with Gasteiger partial charge in [-0.2, -0.15) is 5.10 Å². The van der Waals surface area contributed by atoms with Gasteiger partial charge in [0, 0.05) is 17.4 Å². The molecular weight excluding hydrogens is 470 g/mol. The Labute approximate surface area is 212 Å². The third-order valence-electron chi connectivity index (χ3n) is 5.66. The van der Waals surface area contributed by atoms with Crippen LogP contribution >= 0.6 is 0 Å². The van der Waals surface area contributed by atoms with Gasteiger partial charge in [0.1, 0.15) is 16.8 Å². The molecule has 5 aromatic rings. The number of nitrogens with zero attached hydrogens (tertiary/aromatic N) is 4. The summed E-state index contributed by atoms with van der Waals surface area (Å²) in [4.78, 5) is 35.7. The van der Waals surface area contributed by atoms with Gasteiger partial charge in [0.2, 0.25) is 5.88 Å². The zero-order chi connectivity index (χ0) is 26.0. The molecule has 0 unspecified atom stereocenters. The number of ether oxygens (including phenoxy) is 1. The lowest BCUT2D eigenvalue weighted by atomic mass is 9.86. The van der Waals surface area contributed by atoms with Crippen LogP contribution in [0.4, 0.5) is 16.2 Å². The maximum absolute atomic E-state index is 12.8. The van der Waals surface area contributed by atoms with E-state index in [9.17, 15) is 9.59 Å². The maximum atomic E-state index is 12.8. The van der Waals surface area contributed by atoms with Gasteiger partial charge in [-0.15, -0.1) is 0 Å². The molecule has 186 valence electrons. The molecule has 2 amide bonds. The molecule has 37 heavy (non-hydrogen) atoms. The number of pyridine rings is 1. The lowest BCUT2D eigenvalue weighted by Crippen LogP contribution is -2.20. The number of aromatic nitrogens is 5. The van der Waals surface area contributed by atoms with Gasteiger partial charge in [-0.1, -0.05) is 39.0 Å². The van der Waals surface area contributed by atoms with Crippen molar-refractivity contribution in [2.24, 2.45) is 0 Å². The van der Waals surface area contributed by atoms with Gasteiger partial charge in [-0.05, 0) is 47.9 Å². The largest absolute Gasteiger partial charge is 0.437 e. The Morgan fingerprint density at radius 1 is 0.973 bits per heavy atom. The topological polar surface area (TPSA) is 127 Å². The summed E-state index contributed by atoms with van der Waals surface area (Å²) in [6.07, 6.45) is 4.41. The van der Waals surface area contributed by atoms with Crippen LogP contribution in [0.1, 0.15) is 26.3 Å². The number of carbonyl (C=O) groups excluding carboxylic acids is 1. The SMILES string of the molecule is CC(C)(C)c1ccccc1Oc1ncccc1NC(=O)Nc1ccc(-n2ncc3c(=O)[nH]cnc32)cc1. The summed E-state index contributed by atoms with van der Waals surface area (Å²) in [7, 11) is 0. The Balaban J connectivity index is 1.31. The highest BCUT2D eigenvalue weighted by Crippen LogP contribution is 2.35. The van der Waals surface area contributed by atoms with E-state index in [1.165, 1.54) is 12.5 Å². The highest BCUT2D eigenvalue weighted by Gasteiger charge is 2.20. The molecule has 0 aliphatic heterocycles. The predicted octanol–water partition coefficient (Wildman–Crippen LogP) is 5.24. The number of rotatable bonds is 5. The number of carbonyl (C=O) groups is 1. The summed E-state index contributed by atoms with van der Waals surface area (Å²) in [5.41, 5.74) is 2.77. The van der Waals surface area contributed by atoms with E-state index in [-0.39, 0.29) is 16.9 Å². The van der Waals surface area contributed by atoms with Crippen LogP contribution in [-0.4, -0.2) is 30.8 Å². The van der Waals surface area contributed by atoms with E-state index in [1.807, 2.05) is 24.3 Å². The molecule has 2 aromatic carbocycles. The van der Waals surface area contributed by atoms with Crippen LogP contribution in [0.3, 0.4) is 0 Å². The smallest absolute Gasteiger partial charge is 0.323 e. The van der Waals surface area contributed by atoms with Gasteiger partial charge >= 0.3 is 6.03 Å². The summed E-state index contributed by atoms with van der Waals surface area (Å²) in [6.45, 7) is 6.32. The van der Waals surface area contributed by atoms with Crippen molar-refractivity contribution in [3.63, 3.8) is 0 Å². The van der Waals surface area contributed by atoms with Crippen LogP contribution in [0.5, 0.6) is 11.6 Å². The number of aromatic amines is 1. The normalized spacial score (nSPS) is 11.3. The second kappa shape index (κ2) is 9.57. The van der Waals surface area contributed by atoms with Crippen molar-refractivity contribution in [1.82, 2.24) is 24.7 Å². The fourth-order valence-corrected chi connectivity index (χ4v) is 3.86. The summed E-state index contributed by atoms with van der Waals surface area (Å²) >= 11 is 0. The standard InChI is InChI=1S/C27H25N7O3/c1-27(2,3)20-7-4-5-9-22(20)37-25-21(8-6-14-28-25)33-26(36)32-17-10-12-18(13-11-17)34-23-19(15-31-34)24(35)30-16-29-23/h4-16H,1-3H3,(H,29,30,35)(H2,32,33,36). The lowest BCUT2D eigenvalue weighted by Gasteiger charge is -2.22. The highest BCUT2D eigenvalue weighted by atomic mass is 16.5. The lowest BCUT2D eigenvalue weighted by molar-refractivity contribution is 0.262. The van der Waals surface area contributed by atoms with E-state index in [4.69, 9.17) is 4.74 Å². The van der Waals surface area contributed by atoms with Crippen LogP contribution < -0.4 is 20.9 Å². The highest BCUT2D eigenvalue weighted by molar-refractivity contribution is 6.00. The molecule has 10 nitrogen and oxygen atoms in total. The van der Waals surface area contributed by atoms with Crippen molar-refractivity contribution in [2.45, 2.75) is 26.2 Å². The first-order chi connectivity index (χ1) is 17.8. The number of amides is 2. The number of anilines is 2. The molecule has 5 rings (SSSR count). The minimum Gasteiger partial charge on any atom is -0.437 e. The van der Waals surface area contributed by atoms with Crippen LogP contribution in [0.15, 0.2) is 84.2 Å². The van der Waals surface area contributed by atoms with E-state index in [2.05, 4.69) is 51.5 Å². The first-order valence-electron chi connectivity index (χ1n) is 11.6.